The van der Waals surface area contributed by atoms with E-state index in [1.54, 1.807) is 0 Å². The molecule has 2 aromatic rings. The monoisotopic (exact) mass is 429 g/mol. The van der Waals surface area contributed by atoms with E-state index in [4.69, 9.17) is 0 Å². The Morgan fingerprint density at radius 1 is 1.27 bits per heavy atom. The van der Waals surface area contributed by atoms with Gasteiger partial charge in [-0.25, -0.2) is 0 Å². The molecule has 3 rings (SSSR count). The summed E-state index contributed by atoms with van der Waals surface area (Å²) in [5.74, 6) is 0.0804. The number of amides is 1. The van der Waals surface area contributed by atoms with Crippen molar-refractivity contribution in [2.45, 2.75) is 44.3 Å². The number of carbonyl (C=O) groups excluding carboxylic acids is 1. The van der Waals surface area contributed by atoms with Crippen LogP contribution in [-0.2, 0) is 23.9 Å². The van der Waals surface area contributed by atoms with Gasteiger partial charge in [0.15, 0.2) is 5.69 Å². The van der Waals surface area contributed by atoms with Gasteiger partial charge in [-0.2, -0.15) is 18.3 Å². The van der Waals surface area contributed by atoms with Gasteiger partial charge < -0.3 is 5.32 Å². The van der Waals surface area contributed by atoms with Crippen LogP contribution in [0.2, 0.25) is 0 Å². The minimum atomic E-state index is -4.42. The highest BCUT2D eigenvalue weighted by Crippen LogP contribution is 2.42. The van der Waals surface area contributed by atoms with Gasteiger partial charge >= 0.3 is 6.18 Å². The minimum absolute atomic E-state index is 0.105. The van der Waals surface area contributed by atoms with Gasteiger partial charge in [0.05, 0.1) is 6.42 Å². The summed E-state index contributed by atoms with van der Waals surface area (Å²) in [6.07, 6.45) is -1.79. The molecule has 0 aliphatic heterocycles. The van der Waals surface area contributed by atoms with E-state index >= 15 is 0 Å². The Hall–Kier alpha value is -1.83. The molecule has 0 radical (unpaired) electrons. The molecule has 1 N–H and O–H groups in total. The Bertz CT molecular complexity index is 767. The lowest BCUT2D eigenvalue weighted by atomic mass is 10.1. The average molecular weight is 430 g/mol. The van der Waals surface area contributed by atoms with Crippen molar-refractivity contribution in [1.29, 1.82) is 0 Å². The van der Waals surface area contributed by atoms with Crippen molar-refractivity contribution in [3.63, 3.8) is 0 Å². The molecule has 1 aromatic heterocycles. The molecular weight excluding hydrogens is 411 g/mol. The number of aryl methyl sites for hydroxylation is 1. The average Bonchev–Trinajstić information content (AvgIpc) is 3.32. The lowest BCUT2D eigenvalue weighted by Gasteiger charge is -2.08. The number of nitrogens with one attached hydrogen (secondary N) is 1. The molecule has 0 saturated heterocycles. The zero-order chi connectivity index (χ0) is 18.7. The number of alkyl halides is 3. The molecule has 1 saturated carbocycles. The third-order valence-electron chi connectivity index (χ3n) is 4.24. The molecule has 1 heterocycles. The summed E-state index contributed by atoms with van der Waals surface area (Å²) in [5, 5.41) is 6.51. The Kier molecular flexibility index (Phi) is 5.70. The molecule has 1 amide bonds. The summed E-state index contributed by atoms with van der Waals surface area (Å²) in [6.45, 7) is 0.765. The highest BCUT2D eigenvalue weighted by molar-refractivity contribution is 9.10. The molecule has 0 bridgehead atoms. The molecule has 0 spiro atoms. The number of benzene rings is 1. The Morgan fingerprint density at radius 3 is 2.58 bits per heavy atom. The van der Waals surface area contributed by atoms with Crippen molar-refractivity contribution < 1.29 is 18.0 Å². The van der Waals surface area contributed by atoms with Crippen LogP contribution < -0.4 is 5.32 Å². The van der Waals surface area contributed by atoms with Gasteiger partial charge in [0.25, 0.3) is 0 Å². The lowest BCUT2D eigenvalue weighted by Crippen LogP contribution is -2.27. The van der Waals surface area contributed by atoms with Crippen molar-refractivity contribution in [1.82, 2.24) is 15.1 Å². The second-order valence-corrected chi connectivity index (χ2v) is 7.37. The fourth-order valence-corrected chi connectivity index (χ4v) is 3.03. The number of carbonyl (C=O) groups is 1. The molecule has 0 atom stereocenters. The van der Waals surface area contributed by atoms with Crippen LogP contribution in [0.25, 0.3) is 0 Å². The summed E-state index contributed by atoms with van der Waals surface area (Å²) in [7, 11) is 0. The van der Waals surface area contributed by atoms with E-state index in [9.17, 15) is 18.0 Å². The van der Waals surface area contributed by atoms with Crippen LogP contribution in [0.4, 0.5) is 13.2 Å². The zero-order valence-electron chi connectivity index (χ0n) is 14.0. The number of hydrogen-bond acceptors (Lipinski definition) is 2. The number of halogens is 4. The Morgan fingerprint density at radius 2 is 1.96 bits per heavy atom. The third-order valence-corrected chi connectivity index (χ3v) is 4.77. The van der Waals surface area contributed by atoms with E-state index in [1.807, 2.05) is 24.3 Å². The highest BCUT2D eigenvalue weighted by atomic mass is 79.9. The summed E-state index contributed by atoms with van der Waals surface area (Å²) < 4.78 is 41.0. The Balaban J connectivity index is 1.48. The maximum absolute atomic E-state index is 12.9. The van der Waals surface area contributed by atoms with Gasteiger partial charge in [0.2, 0.25) is 5.91 Å². The summed E-state index contributed by atoms with van der Waals surface area (Å²) in [6, 6.07) is 8.64. The van der Waals surface area contributed by atoms with E-state index in [2.05, 4.69) is 26.3 Å². The number of rotatable bonds is 7. The predicted molar refractivity (Wildman–Crippen MR) is 94.7 cm³/mol. The number of hydrogen-bond donors (Lipinski definition) is 1. The molecule has 1 fully saturated rings. The highest BCUT2D eigenvalue weighted by Gasteiger charge is 2.37. The van der Waals surface area contributed by atoms with E-state index in [1.165, 1.54) is 4.68 Å². The molecule has 4 nitrogen and oxygen atoms in total. The van der Waals surface area contributed by atoms with Crippen LogP contribution >= 0.6 is 15.9 Å². The van der Waals surface area contributed by atoms with Gasteiger partial charge in [0.1, 0.15) is 0 Å². The maximum Gasteiger partial charge on any atom is 0.435 e. The van der Waals surface area contributed by atoms with Crippen molar-refractivity contribution in [3.8, 4) is 0 Å². The normalized spacial score (nSPS) is 14.5. The molecule has 1 aliphatic carbocycles. The van der Waals surface area contributed by atoms with Gasteiger partial charge in [0, 0.05) is 29.2 Å². The van der Waals surface area contributed by atoms with Crippen molar-refractivity contribution >= 4 is 21.8 Å². The van der Waals surface area contributed by atoms with Gasteiger partial charge in [-0.15, -0.1) is 0 Å². The van der Waals surface area contributed by atoms with Crippen molar-refractivity contribution in [2.24, 2.45) is 0 Å². The van der Waals surface area contributed by atoms with Crippen LogP contribution in [0, 0.1) is 0 Å². The number of nitrogens with zero attached hydrogens (tertiary/aromatic N) is 2. The first kappa shape index (κ1) is 18.9. The van der Waals surface area contributed by atoms with Crippen LogP contribution in [0.15, 0.2) is 34.8 Å². The second kappa shape index (κ2) is 7.82. The van der Waals surface area contributed by atoms with Crippen molar-refractivity contribution in [3.05, 3.63) is 51.8 Å². The maximum atomic E-state index is 12.9. The van der Waals surface area contributed by atoms with Gasteiger partial charge in [-0.05, 0) is 43.0 Å². The van der Waals surface area contributed by atoms with E-state index in [0.717, 1.165) is 28.9 Å². The van der Waals surface area contributed by atoms with Crippen LogP contribution in [0.1, 0.15) is 42.1 Å². The molecular formula is C18H19BrF3N3O. The Labute approximate surface area is 157 Å². The second-order valence-electron chi connectivity index (χ2n) is 6.46. The predicted octanol–water partition coefficient (Wildman–Crippen LogP) is 4.29. The quantitative estimate of drug-likeness (QED) is 0.667. The topological polar surface area (TPSA) is 46.9 Å². The third kappa shape index (κ3) is 5.09. The first-order chi connectivity index (χ1) is 12.3. The van der Waals surface area contributed by atoms with Crippen LogP contribution in [0.3, 0.4) is 0 Å². The molecule has 1 aliphatic rings. The SMILES string of the molecule is O=C(Cc1ccc(Br)cc1)NCCCn1nc(C(F)(F)F)cc1C1CC1. The standard InChI is InChI=1S/C18H19BrF3N3O/c19-14-6-2-12(3-7-14)10-17(26)23-8-1-9-25-15(13-4-5-13)11-16(24-25)18(20,21)22/h2-3,6-7,11,13H,1,4-5,8-10H2,(H,23,26). The first-order valence-corrected chi connectivity index (χ1v) is 9.28. The largest absolute Gasteiger partial charge is 0.435 e. The lowest BCUT2D eigenvalue weighted by molar-refractivity contribution is -0.141. The molecule has 140 valence electrons. The summed E-state index contributed by atoms with van der Waals surface area (Å²) >= 11 is 3.34. The minimum Gasteiger partial charge on any atom is -0.356 e. The van der Waals surface area contributed by atoms with Crippen LogP contribution in [-0.4, -0.2) is 22.2 Å². The van der Waals surface area contributed by atoms with Crippen LogP contribution in [0.5, 0.6) is 0 Å². The number of aromatic nitrogens is 2. The molecule has 26 heavy (non-hydrogen) atoms. The zero-order valence-corrected chi connectivity index (χ0v) is 15.6. The van der Waals surface area contributed by atoms with Crippen molar-refractivity contribution in [2.75, 3.05) is 6.54 Å². The summed E-state index contributed by atoms with van der Waals surface area (Å²) in [4.78, 5) is 11.9. The molecule has 0 unspecified atom stereocenters. The van der Waals surface area contributed by atoms with E-state index < -0.39 is 11.9 Å². The molecule has 1 aromatic carbocycles. The molecule has 8 heteroatoms. The smallest absolute Gasteiger partial charge is 0.356 e. The fraction of sp³-hybridized carbons (Fsp3) is 0.444. The van der Waals surface area contributed by atoms with Gasteiger partial charge in [-0.1, -0.05) is 28.1 Å². The van der Waals surface area contributed by atoms with E-state index in [-0.39, 0.29) is 18.2 Å². The fourth-order valence-electron chi connectivity index (χ4n) is 2.76. The first-order valence-electron chi connectivity index (χ1n) is 8.49. The summed E-state index contributed by atoms with van der Waals surface area (Å²) in [5.41, 5.74) is 0.723. The van der Waals surface area contributed by atoms with E-state index in [0.29, 0.717) is 25.2 Å². The van der Waals surface area contributed by atoms with Gasteiger partial charge in [-0.3, -0.25) is 9.48 Å².